The maximum absolute atomic E-state index is 12.2. The molecule has 20 heavy (non-hydrogen) atoms. The minimum absolute atomic E-state index is 0.0452. The number of sulfone groups is 1. The van der Waals surface area contributed by atoms with E-state index in [9.17, 15) is 13.2 Å². The number of benzene rings is 1. The highest BCUT2D eigenvalue weighted by molar-refractivity contribution is 9.12. The van der Waals surface area contributed by atoms with E-state index in [4.69, 9.17) is 11.6 Å². The van der Waals surface area contributed by atoms with E-state index in [0.29, 0.717) is 14.4 Å². The topological polar surface area (TPSA) is 51.2 Å². The van der Waals surface area contributed by atoms with Crippen molar-refractivity contribution < 1.29 is 13.2 Å². The van der Waals surface area contributed by atoms with E-state index in [1.807, 2.05) is 0 Å². The number of thiophene rings is 1. The second-order valence-corrected chi connectivity index (χ2v) is 10.1. The van der Waals surface area contributed by atoms with Gasteiger partial charge in [0, 0.05) is 10.6 Å². The van der Waals surface area contributed by atoms with E-state index in [-0.39, 0.29) is 4.90 Å². The van der Waals surface area contributed by atoms with Gasteiger partial charge in [0.25, 0.3) is 0 Å². The summed E-state index contributed by atoms with van der Waals surface area (Å²) in [6, 6.07) is 7.48. The quantitative estimate of drug-likeness (QED) is 0.630. The van der Waals surface area contributed by atoms with Crippen molar-refractivity contribution in [2.75, 3.05) is 5.75 Å². The highest BCUT2D eigenvalue weighted by atomic mass is 79.9. The van der Waals surface area contributed by atoms with E-state index < -0.39 is 21.4 Å². The third-order valence-electron chi connectivity index (χ3n) is 2.43. The van der Waals surface area contributed by atoms with Crippen molar-refractivity contribution >= 4 is 70.4 Å². The fourth-order valence-electron chi connectivity index (χ4n) is 1.52. The van der Waals surface area contributed by atoms with E-state index in [1.54, 1.807) is 12.1 Å². The third-order valence-corrected chi connectivity index (χ3v) is 6.62. The number of ketones is 1. The molecule has 0 radical (unpaired) electrons. The summed E-state index contributed by atoms with van der Waals surface area (Å²) in [5.74, 6) is -1.05. The molecular formula is C12H7Br2ClO3S2. The van der Waals surface area contributed by atoms with Crippen LogP contribution in [0, 0.1) is 0 Å². The Morgan fingerprint density at radius 3 is 2.50 bits per heavy atom. The molecule has 0 aliphatic rings. The van der Waals surface area contributed by atoms with Crippen LogP contribution >= 0.6 is 54.8 Å². The second kappa shape index (κ2) is 6.27. The van der Waals surface area contributed by atoms with E-state index >= 15 is 0 Å². The zero-order valence-electron chi connectivity index (χ0n) is 9.77. The molecule has 3 nitrogen and oxygen atoms in total. The van der Waals surface area contributed by atoms with E-state index in [0.717, 1.165) is 3.79 Å². The maximum Gasteiger partial charge on any atom is 0.185 e. The van der Waals surface area contributed by atoms with Crippen LogP contribution in [0.3, 0.4) is 0 Å². The van der Waals surface area contributed by atoms with Gasteiger partial charge in [-0.1, -0.05) is 17.7 Å². The molecule has 0 bridgehead atoms. The van der Waals surface area contributed by atoms with Gasteiger partial charge >= 0.3 is 0 Å². The number of halogens is 3. The van der Waals surface area contributed by atoms with Crippen molar-refractivity contribution in [3.63, 3.8) is 0 Å². The van der Waals surface area contributed by atoms with Crippen LogP contribution in [0.4, 0.5) is 0 Å². The highest BCUT2D eigenvalue weighted by Gasteiger charge is 2.23. The van der Waals surface area contributed by atoms with Gasteiger partial charge in [0.15, 0.2) is 15.6 Å². The van der Waals surface area contributed by atoms with E-state index in [1.165, 1.54) is 29.5 Å². The van der Waals surface area contributed by atoms with Crippen LogP contribution in [0.5, 0.6) is 0 Å². The molecule has 2 rings (SSSR count). The number of hydrogen-bond acceptors (Lipinski definition) is 4. The average Bonchev–Trinajstić information content (AvgIpc) is 2.68. The summed E-state index contributed by atoms with van der Waals surface area (Å²) in [5, 5.41) is 0.318. The van der Waals surface area contributed by atoms with Gasteiger partial charge in [0.2, 0.25) is 0 Å². The first-order chi connectivity index (χ1) is 9.29. The van der Waals surface area contributed by atoms with Crippen LogP contribution in [0.2, 0.25) is 5.02 Å². The van der Waals surface area contributed by atoms with Crippen LogP contribution < -0.4 is 0 Å². The van der Waals surface area contributed by atoms with Gasteiger partial charge in [-0.2, -0.15) is 0 Å². The van der Waals surface area contributed by atoms with Crippen molar-refractivity contribution in [1.29, 1.82) is 0 Å². The molecule has 0 saturated heterocycles. The normalized spacial score (nSPS) is 11.6. The molecule has 0 aliphatic carbocycles. The Labute approximate surface area is 142 Å². The predicted octanol–water partition coefficient (Wildman–Crippen LogP) is 4.58. The lowest BCUT2D eigenvalue weighted by Gasteiger charge is -2.04. The van der Waals surface area contributed by atoms with Crippen LogP contribution in [0.1, 0.15) is 10.4 Å². The molecule has 1 aromatic carbocycles. The first-order valence-electron chi connectivity index (χ1n) is 5.26. The molecule has 0 saturated carbocycles. The zero-order chi connectivity index (χ0) is 14.9. The molecule has 106 valence electrons. The van der Waals surface area contributed by atoms with Crippen molar-refractivity contribution in [3.05, 3.63) is 48.5 Å². The summed E-state index contributed by atoms with van der Waals surface area (Å²) in [6.07, 6.45) is 0. The number of carbonyl (C=O) groups excluding carboxylic acids is 1. The monoisotopic (exact) mass is 456 g/mol. The predicted molar refractivity (Wildman–Crippen MR) is 87.6 cm³/mol. The molecule has 0 spiro atoms. The molecule has 0 fully saturated rings. The summed E-state index contributed by atoms with van der Waals surface area (Å²) in [4.78, 5) is 12.1. The lowest BCUT2D eigenvalue weighted by atomic mass is 10.2. The Balaban J connectivity index is 2.29. The molecule has 0 atom stereocenters. The fourth-order valence-corrected chi connectivity index (χ4v) is 5.89. The largest absolute Gasteiger partial charge is 0.293 e. The van der Waals surface area contributed by atoms with Gasteiger partial charge in [-0.05, 0) is 56.1 Å². The van der Waals surface area contributed by atoms with Gasteiger partial charge in [-0.3, -0.25) is 4.79 Å². The second-order valence-electron chi connectivity index (χ2n) is 3.88. The standard InChI is InChI=1S/C12H7Br2ClO3S2/c13-11-5-9(12(14)19-11)10(16)6-20(17,18)8-3-1-2-7(15)4-8/h1-5H,6H2. The molecule has 1 aromatic heterocycles. The molecule has 1 heterocycles. The minimum atomic E-state index is -3.70. The molecular weight excluding hydrogens is 452 g/mol. The van der Waals surface area contributed by atoms with Crippen LogP contribution in [0.15, 0.2) is 42.8 Å². The molecule has 8 heteroatoms. The first-order valence-corrected chi connectivity index (χ1v) is 9.69. The Bertz CT molecular complexity index is 769. The van der Waals surface area contributed by atoms with Crippen molar-refractivity contribution in [1.82, 2.24) is 0 Å². The zero-order valence-corrected chi connectivity index (χ0v) is 15.3. The lowest BCUT2D eigenvalue weighted by Crippen LogP contribution is -2.16. The first kappa shape index (κ1) is 16.2. The Kier molecular flexibility index (Phi) is 5.07. The van der Waals surface area contributed by atoms with Crippen molar-refractivity contribution in [2.24, 2.45) is 0 Å². The van der Waals surface area contributed by atoms with Gasteiger partial charge in [-0.25, -0.2) is 8.42 Å². The lowest BCUT2D eigenvalue weighted by molar-refractivity contribution is 0.102. The van der Waals surface area contributed by atoms with Crippen molar-refractivity contribution in [2.45, 2.75) is 4.90 Å². The Morgan fingerprint density at radius 1 is 1.25 bits per heavy atom. The average molecular weight is 459 g/mol. The Hall–Kier alpha value is -0.210. The minimum Gasteiger partial charge on any atom is -0.293 e. The Morgan fingerprint density at radius 2 is 1.95 bits per heavy atom. The number of Topliss-reactive ketones (excluding diaryl/α,β-unsaturated/α-hetero) is 1. The van der Waals surface area contributed by atoms with Gasteiger partial charge in [0.05, 0.1) is 12.5 Å². The van der Waals surface area contributed by atoms with E-state index in [2.05, 4.69) is 31.9 Å². The highest BCUT2D eigenvalue weighted by Crippen LogP contribution is 2.32. The van der Waals surface area contributed by atoms with Crippen LogP contribution in [0.25, 0.3) is 0 Å². The summed E-state index contributed by atoms with van der Waals surface area (Å²) in [5.41, 5.74) is 0.354. The number of rotatable bonds is 4. The van der Waals surface area contributed by atoms with Gasteiger partial charge in [-0.15, -0.1) is 11.3 Å². The molecule has 0 unspecified atom stereocenters. The third kappa shape index (κ3) is 3.71. The molecule has 2 aromatic rings. The maximum atomic E-state index is 12.2. The van der Waals surface area contributed by atoms with Gasteiger partial charge < -0.3 is 0 Å². The number of carbonyl (C=O) groups is 1. The fraction of sp³-hybridized carbons (Fsp3) is 0.0833. The van der Waals surface area contributed by atoms with Crippen LogP contribution in [-0.4, -0.2) is 20.0 Å². The van der Waals surface area contributed by atoms with Gasteiger partial charge in [0.1, 0.15) is 5.75 Å². The molecule has 0 amide bonds. The summed E-state index contributed by atoms with van der Waals surface area (Å²) in [6.45, 7) is 0. The summed E-state index contributed by atoms with van der Waals surface area (Å²) >= 11 is 13.6. The summed E-state index contributed by atoms with van der Waals surface area (Å²) < 4.78 is 25.7. The molecule has 0 aliphatic heterocycles. The summed E-state index contributed by atoms with van der Waals surface area (Å²) in [7, 11) is -3.70. The molecule has 0 N–H and O–H groups in total. The van der Waals surface area contributed by atoms with Crippen molar-refractivity contribution in [3.8, 4) is 0 Å². The number of hydrogen-bond donors (Lipinski definition) is 0. The van der Waals surface area contributed by atoms with Crippen LogP contribution in [-0.2, 0) is 9.84 Å². The SMILES string of the molecule is O=C(CS(=O)(=O)c1cccc(Cl)c1)c1cc(Br)sc1Br. The smallest absolute Gasteiger partial charge is 0.185 e.